The number of anilines is 1. The molecule has 6 heteroatoms. The molecule has 0 radical (unpaired) electrons. The van der Waals surface area contributed by atoms with Crippen LogP contribution in [0.2, 0.25) is 0 Å². The molecule has 0 bridgehead atoms. The van der Waals surface area contributed by atoms with Gasteiger partial charge in [0, 0.05) is 30.6 Å². The van der Waals surface area contributed by atoms with Crippen LogP contribution in [0.4, 0.5) is 5.82 Å². The summed E-state index contributed by atoms with van der Waals surface area (Å²) in [6.45, 7) is 3.50. The molecule has 23 heavy (non-hydrogen) atoms. The topological polar surface area (TPSA) is 64.7 Å². The summed E-state index contributed by atoms with van der Waals surface area (Å²) in [4.78, 5) is 12.4. The highest BCUT2D eigenvalue weighted by Gasteiger charge is 2.10. The number of amides is 1. The van der Waals surface area contributed by atoms with Crippen LogP contribution in [0.25, 0.3) is 0 Å². The molecule has 118 valence electrons. The molecule has 3 rings (SSSR count). The van der Waals surface area contributed by atoms with Crippen LogP contribution in [0.15, 0.2) is 55.0 Å². The number of rotatable bonds is 6. The fourth-order valence-corrected chi connectivity index (χ4v) is 2.41. The number of aryl methyl sites for hydroxylation is 1. The van der Waals surface area contributed by atoms with Gasteiger partial charge in [0.1, 0.15) is 5.82 Å². The van der Waals surface area contributed by atoms with Crippen molar-refractivity contribution >= 4 is 11.7 Å². The Hall–Kier alpha value is -2.89. The van der Waals surface area contributed by atoms with E-state index in [1.54, 1.807) is 23.1 Å². The molecular formula is C17H19N5O. The normalized spacial score (nSPS) is 10.7. The summed E-state index contributed by atoms with van der Waals surface area (Å²) in [6.07, 6.45) is 6.30. The number of carbonyl (C=O) groups excluding carboxylic acids is 1. The smallest absolute Gasteiger partial charge is 0.256 e. The highest BCUT2D eigenvalue weighted by atomic mass is 16.1. The Morgan fingerprint density at radius 3 is 2.87 bits per heavy atom. The zero-order valence-electron chi connectivity index (χ0n) is 13.0. The minimum atomic E-state index is -0.134. The van der Waals surface area contributed by atoms with E-state index < -0.39 is 0 Å². The number of benzene rings is 1. The lowest BCUT2D eigenvalue weighted by molar-refractivity contribution is 0.102. The molecule has 2 aromatic heterocycles. The van der Waals surface area contributed by atoms with Gasteiger partial charge in [0.2, 0.25) is 0 Å². The third kappa shape index (κ3) is 3.66. The molecule has 1 N–H and O–H groups in total. The van der Waals surface area contributed by atoms with Crippen molar-refractivity contribution < 1.29 is 4.79 Å². The van der Waals surface area contributed by atoms with E-state index in [0.29, 0.717) is 17.9 Å². The van der Waals surface area contributed by atoms with Crippen LogP contribution < -0.4 is 5.32 Å². The molecular weight excluding hydrogens is 290 g/mol. The van der Waals surface area contributed by atoms with Crippen LogP contribution in [-0.2, 0) is 13.1 Å². The third-order valence-corrected chi connectivity index (χ3v) is 3.49. The maximum absolute atomic E-state index is 12.4. The van der Waals surface area contributed by atoms with Gasteiger partial charge in [0.05, 0.1) is 12.7 Å². The number of hydrogen-bond donors (Lipinski definition) is 1. The number of hydrogen-bond acceptors (Lipinski definition) is 3. The van der Waals surface area contributed by atoms with E-state index >= 15 is 0 Å². The predicted octanol–water partition coefficient (Wildman–Crippen LogP) is 2.79. The summed E-state index contributed by atoms with van der Waals surface area (Å²) >= 11 is 0. The summed E-state index contributed by atoms with van der Waals surface area (Å²) < 4.78 is 3.62. The Bertz CT molecular complexity index is 776. The van der Waals surface area contributed by atoms with E-state index in [2.05, 4.69) is 22.4 Å². The van der Waals surface area contributed by atoms with Gasteiger partial charge in [0.15, 0.2) is 0 Å². The largest absolute Gasteiger partial charge is 0.307 e. The summed E-state index contributed by atoms with van der Waals surface area (Å²) in [6, 6.07) is 11.3. The van der Waals surface area contributed by atoms with Gasteiger partial charge in [-0.3, -0.25) is 9.48 Å². The molecule has 0 aliphatic rings. The van der Waals surface area contributed by atoms with Crippen LogP contribution in [0, 0.1) is 0 Å². The fraction of sp³-hybridized carbons (Fsp3) is 0.235. The van der Waals surface area contributed by atoms with Crippen molar-refractivity contribution in [2.45, 2.75) is 26.4 Å². The minimum absolute atomic E-state index is 0.134. The Morgan fingerprint density at radius 2 is 2.09 bits per heavy atom. The lowest BCUT2D eigenvalue weighted by atomic mass is 10.1. The van der Waals surface area contributed by atoms with Crippen molar-refractivity contribution in [2.24, 2.45) is 0 Å². The Morgan fingerprint density at radius 1 is 1.17 bits per heavy atom. The minimum Gasteiger partial charge on any atom is -0.307 e. The average molecular weight is 309 g/mol. The molecule has 0 spiro atoms. The molecule has 1 amide bonds. The fourth-order valence-electron chi connectivity index (χ4n) is 2.41. The first-order valence-corrected chi connectivity index (χ1v) is 7.66. The van der Waals surface area contributed by atoms with Crippen molar-refractivity contribution in [1.82, 2.24) is 19.6 Å². The van der Waals surface area contributed by atoms with Crippen LogP contribution in [0.3, 0.4) is 0 Å². The Labute approximate surface area is 134 Å². The summed E-state index contributed by atoms with van der Waals surface area (Å²) in [5.74, 6) is 0.583. The van der Waals surface area contributed by atoms with Gasteiger partial charge in [-0.2, -0.15) is 10.2 Å². The van der Waals surface area contributed by atoms with Crippen molar-refractivity contribution in [2.75, 3.05) is 5.32 Å². The van der Waals surface area contributed by atoms with Gasteiger partial charge in [-0.1, -0.05) is 19.1 Å². The lowest BCUT2D eigenvalue weighted by Gasteiger charge is -2.09. The van der Waals surface area contributed by atoms with Crippen LogP contribution in [0.1, 0.15) is 29.3 Å². The molecule has 3 aromatic rings. The van der Waals surface area contributed by atoms with E-state index in [0.717, 1.165) is 18.5 Å². The molecule has 0 atom stereocenters. The standard InChI is InChI=1S/C17H19N5O/c1-2-10-22-16(7-9-19-22)20-17(23)15-6-3-5-14(12-15)13-21-11-4-8-18-21/h3-9,11-12H,2,10,13H2,1H3,(H,20,23). The maximum atomic E-state index is 12.4. The Kier molecular flexibility index (Phi) is 4.52. The third-order valence-electron chi connectivity index (χ3n) is 3.49. The summed E-state index contributed by atoms with van der Waals surface area (Å²) in [7, 11) is 0. The van der Waals surface area contributed by atoms with Gasteiger partial charge >= 0.3 is 0 Å². The molecule has 0 saturated heterocycles. The quantitative estimate of drug-likeness (QED) is 0.761. The van der Waals surface area contributed by atoms with Gasteiger partial charge in [0.25, 0.3) is 5.91 Å². The first-order valence-electron chi connectivity index (χ1n) is 7.66. The highest BCUT2D eigenvalue weighted by Crippen LogP contribution is 2.12. The number of carbonyl (C=O) groups is 1. The van der Waals surface area contributed by atoms with E-state index in [1.807, 2.05) is 41.2 Å². The first kappa shape index (κ1) is 15.0. The SMILES string of the molecule is CCCn1nccc1NC(=O)c1cccc(Cn2cccn2)c1. The summed E-state index contributed by atoms with van der Waals surface area (Å²) in [5, 5.41) is 11.3. The van der Waals surface area contributed by atoms with E-state index in [1.165, 1.54) is 0 Å². The number of nitrogens with zero attached hydrogens (tertiary/aromatic N) is 4. The monoisotopic (exact) mass is 309 g/mol. The van der Waals surface area contributed by atoms with Crippen molar-refractivity contribution in [1.29, 1.82) is 0 Å². The van der Waals surface area contributed by atoms with Gasteiger partial charge in [-0.05, 0) is 30.2 Å². The van der Waals surface area contributed by atoms with Gasteiger partial charge in [-0.15, -0.1) is 0 Å². The van der Waals surface area contributed by atoms with Crippen LogP contribution in [0.5, 0.6) is 0 Å². The second kappa shape index (κ2) is 6.91. The second-order valence-corrected chi connectivity index (χ2v) is 5.30. The maximum Gasteiger partial charge on any atom is 0.256 e. The average Bonchev–Trinajstić information content (AvgIpc) is 3.21. The second-order valence-electron chi connectivity index (χ2n) is 5.30. The van der Waals surface area contributed by atoms with Crippen LogP contribution in [-0.4, -0.2) is 25.5 Å². The zero-order valence-corrected chi connectivity index (χ0v) is 13.0. The molecule has 0 aliphatic heterocycles. The van der Waals surface area contributed by atoms with E-state index in [-0.39, 0.29) is 5.91 Å². The van der Waals surface area contributed by atoms with Crippen LogP contribution >= 0.6 is 0 Å². The molecule has 1 aromatic carbocycles. The zero-order chi connectivity index (χ0) is 16.1. The molecule has 6 nitrogen and oxygen atoms in total. The van der Waals surface area contributed by atoms with Gasteiger partial charge < -0.3 is 5.32 Å². The van der Waals surface area contributed by atoms with Crippen molar-refractivity contribution in [3.63, 3.8) is 0 Å². The first-order chi connectivity index (χ1) is 11.3. The molecule has 0 fully saturated rings. The molecule has 0 saturated carbocycles. The predicted molar refractivity (Wildman–Crippen MR) is 88.2 cm³/mol. The number of aromatic nitrogens is 4. The van der Waals surface area contributed by atoms with Crippen molar-refractivity contribution in [3.8, 4) is 0 Å². The number of nitrogens with one attached hydrogen (secondary N) is 1. The highest BCUT2D eigenvalue weighted by molar-refractivity contribution is 6.03. The lowest BCUT2D eigenvalue weighted by Crippen LogP contribution is -2.16. The molecule has 2 heterocycles. The molecule has 0 unspecified atom stereocenters. The van der Waals surface area contributed by atoms with E-state index in [9.17, 15) is 4.79 Å². The molecule has 0 aliphatic carbocycles. The van der Waals surface area contributed by atoms with Gasteiger partial charge in [-0.25, -0.2) is 4.68 Å². The van der Waals surface area contributed by atoms with E-state index in [4.69, 9.17) is 0 Å². The Balaban J connectivity index is 1.73. The summed E-state index contributed by atoms with van der Waals surface area (Å²) in [5.41, 5.74) is 1.65. The van der Waals surface area contributed by atoms with Crippen molar-refractivity contribution in [3.05, 3.63) is 66.1 Å².